The zero-order chi connectivity index (χ0) is 13.7. The van der Waals surface area contributed by atoms with Crippen molar-refractivity contribution in [3.63, 3.8) is 0 Å². The van der Waals surface area contributed by atoms with Crippen molar-refractivity contribution in [3.05, 3.63) is 36.9 Å². The summed E-state index contributed by atoms with van der Waals surface area (Å²) in [6.07, 6.45) is 7.19. The molecule has 2 rings (SSSR count). The van der Waals surface area contributed by atoms with Crippen molar-refractivity contribution in [3.8, 4) is 0 Å². The Morgan fingerprint density at radius 1 is 1.32 bits per heavy atom. The second kappa shape index (κ2) is 6.51. The van der Waals surface area contributed by atoms with Crippen LogP contribution in [-0.4, -0.2) is 11.8 Å². The maximum Gasteiger partial charge on any atom is 0.0480 e. The Bertz CT molecular complexity index is 415. The van der Waals surface area contributed by atoms with E-state index in [1.807, 2.05) is 17.8 Å². The normalized spacial score (nSPS) is 19.1. The van der Waals surface area contributed by atoms with E-state index in [2.05, 4.69) is 50.0 Å². The van der Waals surface area contributed by atoms with E-state index in [9.17, 15) is 0 Å². The molecule has 0 amide bonds. The Hall–Kier alpha value is -0.890. The highest BCUT2D eigenvalue weighted by Crippen LogP contribution is 2.37. The van der Waals surface area contributed by atoms with Gasteiger partial charge in [-0.05, 0) is 43.2 Å². The Labute approximate surface area is 121 Å². The number of hydrogen-bond acceptors (Lipinski definition) is 2. The molecule has 1 N–H and O–H groups in total. The van der Waals surface area contributed by atoms with Crippen LogP contribution in [0, 0.1) is 5.41 Å². The van der Waals surface area contributed by atoms with Gasteiger partial charge in [-0.3, -0.25) is 0 Å². The van der Waals surface area contributed by atoms with Gasteiger partial charge in [0.2, 0.25) is 0 Å². The van der Waals surface area contributed by atoms with Crippen LogP contribution in [0.5, 0.6) is 0 Å². The first-order valence-electron chi connectivity index (χ1n) is 7.20. The predicted molar refractivity (Wildman–Crippen MR) is 87.0 cm³/mol. The van der Waals surface area contributed by atoms with Gasteiger partial charge in [-0.1, -0.05) is 32.1 Å². The highest BCUT2D eigenvalue weighted by molar-refractivity contribution is 7.99. The smallest absolute Gasteiger partial charge is 0.0480 e. The van der Waals surface area contributed by atoms with Crippen molar-refractivity contribution < 1.29 is 0 Å². The minimum absolute atomic E-state index is 0.537. The standard InChI is InChI=1S/C17H25NS/c1-4-13-19-16-8-6-5-7-15(16)18-14-9-11-17(2,3)12-10-14/h4-8,14,18H,1,9-13H2,2-3H3. The number of nitrogens with one attached hydrogen (secondary N) is 1. The quantitative estimate of drug-likeness (QED) is 0.574. The maximum atomic E-state index is 3.80. The lowest BCUT2D eigenvalue weighted by atomic mass is 9.75. The van der Waals surface area contributed by atoms with Crippen LogP contribution in [0.1, 0.15) is 39.5 Å². The fourth-order valence-electron chi connectivity index (χ4n) is 2.62. The lowest BCUT2D eigenvalue weighted by Gasteiger charge is -2.35. The number of hydrogen-bond donors (Lipinski definition) is 1. The molecule has 1 fully saturated rings. The highest BCUT2D eigenvalue weighted by atomic mass is 32.2. The van der Waals surface area contributed by atoms with Crippen molar-refractivity contribution >= 4 is 17.4 Å². The molecule has 0 bridgehead atoms. The average molecular weight is 275 g/mol. The Morgan fingerprint density at radius 3 is 2.68 bits per heavy atom. The van der Waals surface area contributed by atoms with Crippen molar-refractivity contribution in [1.29, 1.82) is 0 Å². The predicted octanol–water partition coefficient (Wildman–Crippen LogP) is 5.35. The molecule has 0 aromatic heterocycles. The summed E-state index contributed by atoms with van der Waals surface area (Å²) >= 11 is 1.85. The maximum absolute atomic E-state index is 3.80. The van der Waals surface area contributed by atoms with Gasteiger partial charge >= 0.3 is 0 Å². The summed E-state index contributed by atoms with van der Waals surface area (Å²) in [5.74, 6) is 0.969. The Morgan fingerprint density at radius 2 is 2.00 bits per heavy atom. The number of benzene rings is 1. The molecule has 1 nitrogen and oxygen atoms in total. The molecule has 0 saturated heterocycles. The second-order valence-electron chi connectivity index (χ2n) is 6.18. The molecular weight excluding hydrogens is 250 g/mol. The average Bonchev–Trinajstić information content (AvgIpc) is 2.40. The molecule has 1 aliphatic carbocycles. The molecule has 1 aromatic carbocycles. The molecule has 2 heteroatoms. The molecule has 19 heavy (non-hydrogen) atoms. The third-order valence-corrected chi connectivity index (χ3v) is 5.01. The second-order valence-corrected chi connectivity index (χ2v) is 7.24. The fourth-order valence-corrected chi connectivity index (χ4v) is 3.38. The van der Waals surface area contributed by atoms with E-state index in [-0.39, 0.29) is 0 Å². The molecule has 0 atom stereocenters. The molecule has 0 radical (unpaired) electrons. The van der Waals surface area contributed by atoms with Gasteiger partial charge in [0.05, 0.1) is 0 Å². The van der Waals surface area contributed by atoms with Crippen molar-refractivity contribution in [2.75, 3.05) is 11.1 Å². The van der Waals surface area contributed by atoms with Gasteiger partial charge in [0.1, 0.15) is 0 Å². The van der Waals surface area contributed by atoms with Crippen LogP contribution in [0.15, 0.2) is 41.8 Å². The van der Waals surface area contributed by atoms with Crippen molar-refractivity contribution in [2.45, 2.75) is 50.5 Å². The monoisotopic (exact) mass is 275 g/mol. The molecule has 0 unspecified atom stereocenters. The number of rotatable bonds is 5. The van der Waals surface area contributed by atoms with Gasteiger partial charge in [-0.2, -0.15) is 0 Å². The fraction of sp³-hybridized carbons (Fsp3) is 0.529. The molecule has 104 valence electrons. The van der Waals surface area contributed by atoms with Gasteiger partial charge in [0, 0.05) is 22.4 Å². The molecule has 1 aromatic rings. The Balaban J connectivity index is 1.97. The number of thioether (sulfide) groups is 1. The van der Waals surface area contributed by atoms with E-state index in [0.717, 1.165) is 5.75 Å². The van der Waals surface area contributed by atoms with Crippen LogP contribution in [-0.2, 0) is 0 Å². The van der Waals surface area contributed by atoms with Crippen LogP contribution >= 0.6 is 11.8 Å². The van der Waals surface area contributed by atoms with E-state index < -0.39 is 0 Å². The first-order chi connectivity index (χ1) is 9.11. The van der Waals surface area contributed by atoms with Gasteiger partial charge < -0.3 is 5.32 Å². The summed E-state index contributed by atoms with van der Waals surface area (Å²) in [6.45, 7) is 8.57. The summed E-state index contributed by atoms with van der Waals surface area (Å²) in [5, 5.41) is 3.74. The zero-order valence-electron chi connectivity index (χ0n) is 12.1. The van der Waals surface area contributed by atoms with Crippen LogP contribution in [0.3, 0.4) is 0 Å². The molecular formula is C17H25NS. The van der Waals surface area contributed by atoms with Crippen molar-refractivity contribution in [1.82, 2.24) is 0 Å². The van der Waals surface area contributed by atoms with Gasteiger partial charge in [-0.25, -0.2) is 0 Å². The first-order valence-corrected chi connectivity index (χ1v) is 8.18. The third kappa shape index (κ3) is 4.31. The topological polar surface area (TPSA) is 12.0 Å². The van der Waals surface area contributed by atoms with E-state index in [1.165, 1.54) is 36.3 Å². The number of para-hydroxylation sites is 1. The first kappa shape index (κ1) is 14.5. The summed E-state index contributed by atoms with van der Waals surface area (Å²) in [5.41, 5.74) is 1.83. The van der Waals surface area contributed by atoms with Crippen molar-refractivity contribution in [2.24, 2.45) is 5.41 Å². The minimum atomic E-state index is 0.537. The summed E-state index contributed by atoms with van der Waals surface area (Å²) < 4.78 is 0. The lowest BCUT2D eigenvalue weighted by molar-refractivity contribution is 0.232. The lowest BCUT2D eigenvalue weighted by Crippen LogP contribution is -2.30. The summed E-state index contributed by atoms with van der Waals surface area (Å²) in [7, 11) is 0. The summed E-state index contributed by atoms with van der Waals surface area (Å²) in [6, 6.07) is 9.26. The number of anilines is 1. The SMILES string of the molecule is C=CCSc1ccccc1NC1CCC(C)(C)CC1. The minimum Gasteiger partial charge on any atom is -0.381 e. The van der Waals surface area contributed by atoms with Crippen LogP contribution in [0.4, 0.5) is 5.69 Å². The molecule has 1 aliphatic rings. The van der Waals surface area contributed by atoms with E-state index in [4.69, 9.17) is 0 Å². The van der Waals surface area contributed by atoms with Gasteiger partial charge in [0.25, 0.3) is 0 Å². The molecule has 0 heterocycles. The molecule has 0 spiro atoms. The van der Waals surface area contributed by atoms with Gasteiger partial charge in [-0.15, -0.1) is 18.3 Å². The Kier molecular flexibility index (Phi) is 4.98. The van der Waals surface area contributed by atoms with Gasteiger partial charge in [0.15, 0.2) is 0 Å². The van der Waals surface area contributed by atoms with E-state index >= 15 is 0 Å². The third-order valence-electron chi connectivity index (χ3n) is 3.94. The van der Waals surface area contributed by atoms with Crippen LogP contribution < -0.4 is 5.32 Å². The highest BCUT2D eigenvalue weighted by Gasteiger charge is 2.26. The van der Waals surface area contributed by atoms with E-state index in [1.54, 1.807) is 0 Å². The van der Waals surface area contributed by atoms with Crippen LogP contribution in [0.2, 0.25) is 0 Å². The zero-order valence-corrected chi connectivity index (χ0v) is 12.9. The molecule has 0 aliphatic heterocycles. The largest absolute Gasteiger partial charge is 0.381 e. The van der Waals surface area contributed by atoms with E-state index in [0.29, 0.717) is 11.5 Å². The molecule has 1 saturated carbocycles. The summed E-state index contributed by atoms with van der Waals surface area (Å²) in [4.78, 5) is 1.34. The van der Waals surface area contributed by atoms with Crippen LogP contribution in [0.25, 0.3) is 0 Å².